The van der Waals surface area contributed by atoms with Crippen molar-refractivity contribution in [3.05, 3.63) is 47.8 Å². The van der Waals surface area contributed by atoms with E-state index in [1.165, 1.54) is 22.6 Å². The van der Waals surface area contributed by atoms with Crippen LogP contribution in [-0.4, -0.2) is 61.0 Å². The second kappa shape index (κ2) is 11.0. The van der Waals surface area contributed by atoms with Crippen LogP contribution in [0.15, 0.2) is 36.4 Å². The van der Waals surface area contributed by atoms with Crippen LogP contribution >= 0.6 is 0 Å². The van der Waals surface area contributed by atoms with Crippen LogP contribution in [0.1, 0.15) is 63.1 Å². The van der Waals surface area contributed by atoms with E-state index >= 15 is 0 Å². The molecule has 1 saturated carbocycles. The fraction of sp³-hybridized carbons (Fsp3) is 0.448. The van der Waals surface area contributed by atoms with Crippen molar-refractivity contribution in [1.82, 2.24) is 19.7 Å². The van der Waals surface area contributed by atoms with Crippen LogP contribution in [0.5, 0.6) is 0 Å². The Balaban J connectivity index is 1.37. The first-order valence-corrected chi connectivity index (χ1v) is 13.8. The van der Waals surface area contributed by atoms with Gasteiger partial charge in [0.2, 0.25) is 11.8 Å². The summed E-state index contributed by atoms with van der Waals surface area (Å²) in [6.45, 7) is 6.24. The number of ether oxygens (including phenoxy) is 1. The van der Waals surface area contributed by atoms with Crippen molar-refractivity contribution >= 4 is 46.1 Å². The van der Waals surface area contributed by atoms with Crippen molar-refractivity contribution in [3.63, 3.8) is 0 Å². The maximum Gasteiger partial charge on any atom is 0.433 e. The van der Waals surface area contributed by atoms with E-state index in [2.05, 4.69) is 20.7 Å². The number of anilines is 2. The Bertz CT molecular complexity index is 1610. The summed E-state index contributed by atoms with van der Waals surface area (Å²) in [5, 5.41) is 9.87. The average Bonchev–Trinajstić information content (AvgIpc) is 3.60. The summed E-state index contributed by atoms with van der Waals surface area (Å²) in [7, 11) is 0. The van der Waals surface area contributed by atoms with Crippen LogP contribution in [0.3, 0.4) is 0 Å². The average molecular weight is 601 g/mol. The summed E-state index contributed by atoms with van der Waals surface area (Å²) in [4.78, 5) is 56.7. The van der Waals surface area contributed by atoms with Gasteiger partial charge in [-0.1, -0.05) is 6.07 Å². The van der Waals surface area contributed by atoms with Gasteiger partial charge in [-0.15, -0.1) is 0 Å². The van der Waals surface area contributed by atoms with Crippen molar-refractivity contribution in [3.8, 4) is 0 Å². The molecule has 5 rings (SSSR count). The van der Waals surface area contributed by atoms with E-state index in [-0.39, 0.29) is 35.8 Å². The number of amides is 3. The Morgan fingerprint density at radius 1 is 1.05 bits per heavy atom. The summed E-state index contributed by atoms with van der Waals surface area (Å²) in [5.41, 5.74) is -0.915. The molecular weight excluding hydrogens is 569 g/mol. The topological polar surface area (TPSA) is 136 Å². The Morgan fingerprint density at radius 3 is 2.47 bits per heavy atom. The lowest BCUT2D eigenvalue weighted by atomic mass is 9.97. The predicted molar refractivity (Wildman–Crippen MR) is 149 cm³/mol. The zero-order valence-corrected chi connectivity index (χ0v) is 24.0. The highest BCUT2D eigenvalue weighted by atomic mass is 19.4. The predicted octanol–water partition coefficient (Wildman–Crippen LogP) is 5.02. The molecule has 3 amide bonds. The van der Waals surface area contributed by atoms with Crippen LogP contribution in [0.4, 0.5) is 29.5 Å². The third-order valence-electron chi connectivity index (χ3n) is 7.45. The number of halogens is 3. The monoisotopic (exact) mass is 600 g/mol. The third-order valence-corrected chi connectivity index (χ3v) is 7.45. The summed E-state index contributed by atoms with van der Waals surface area (Å²) in [6.07, 6.45) is -3.35. The molecule has 0 radical (unpaired) electrons. The smallest absolute Gasteiger partial charge is 0.433 e. The first kappa shape index (κ1) is 30.0. The first-order valence-electron chi connectivity index (χ1n) is 13.8. The molecule has 1 aliphatic heterocycles. The maximum absolute atomic E-state index is 13.7. The molecule has 2 bridgehead atoms. The van der Waals surface area contributed by atoms with Gasteiger partial charge in [-0.2, -0.15) is 18.3 Å². The van der Waals surface area contributed by atoms with E-state index in [9.17, 15) is 32.3 Å². The van der Waals surface area contributed by atoms with Crippen LogP contribution in [-0.2, 0) is 27.0 Å². The van der Waals surface area contributed by atoms with Gasteiger partial charge in [0, 0.05) is 24.0 Å². The molecule has 3 heterocycles. The molecule has 228 valence electrons. The van der Waals surface area contributed by atoms with Crippen molar-refractivity contribution < 1.29 is 37.1 Å². The van der Waals surface area contributed by atoms with Crippen molar-refractivity contribution in [2.45, 2.75) is 77.4 Å². The van der Waals surface area contributed by atoms with Crippen molar-refractivity contribution in [2.24, 2.45) is 5.92 Å². The number of rotatable bonds is 6. The fourth-order valence-corrected chi connectivity index (χ4v) is 5.82. The van der Waals surface area contributed by atoms with Gasteiger partial charge < -0.3 is 15.0 Å². The largest absolute Gasteiger partial charge is 0.444 e. The number of hydrogen-bond acceptors (Lipinski definition) is 7. The number of alkyl halides is 3. The molecule has 14 heteroatoms. The fourth-order valence-electron chi connectivity index (χ4n) is 5.82. The second-order valence-electron chi connectivity index (χ2n) is 11.8. The van der Waals surface area contributed by atoms with Gasteiger partial charge in [0.1, 0.15) is 35.4 Å². The van der Waals surface area contributed by atoms with E-state index in [4.69, 9.17) is 4.74 Å². The highest BCUT2D eigenvalue weighted by molar-refractivity contribution is 6.06. The number of piperidine rings is 1. The third kappa shape index (κ3) is 6.32. The van der Waals surface area contributed by atoms with Gasteiger partial charge in [0.05, 0.1) is 5.52 Å². The van der Waals surface area contributed by atoms with E-state index in [0.717, 1.165) is 12.1 Å². The molecule has 11 nitrogen and oxygen atoms in total. The lowest BCUT2D eigenvalue weighted by molar-refractivity contribution is -0.141. The number of fused-ring (bicyclic) bond motifs is 3. The molecule has 2 fully saturated rings. The lowest BCUT2D eigenvalue weighted by Crippen LogP contribution is -2.52. The molecule has 2 aromatic heterocycles. The Hall–Kier alpha value is -4.49. The van der Waals surface area contributed by atoms with Crippen LogP contribution < -0.4 is 10.6 Å². The summed E-state index contributed by atoms with van der Waals surface area (Å²) in [6, 6.07) is 6.91. The minimum absolute atomic E-state index is 0.100. The number of Topliss-reactive ketones (excluding diaryl/α,β-unsaturated/α-hetero) is 1. The van der Waals surface area contributed by atoms with Gasteiger partial charge in [0.15, 0.2) is 5.78 Å². The van der Waals surface area contributed by atoms with Gasteiger partial charge in [0.25, 0.3) is 0 Å². The molecule has 1 aromatic carbocycles. The summed E-state index contributed by atoms with van der Waals surface area (Å²) in [5.74, 6) is -1.78. The number of ketones is 1. The number of hydrogen-bond donors (Lipinski definition) is 2. The number of nitrogens with zero attached hydrogens (tertiary/aromatic N) is 4. The van der Waals surface area contributed by atoms with E-state index in [1.54, 1.807) is 39.0 Å². The highest BCUT2D eigenvalue weighted by Gasteiger charge is 2.51. The van der Waals surface area contributed by atoms with E-state index in [0.29, 0.717) is 35.9 Å². The molecular formula is C29H31F3N6O5. The molecule has 0 spiro atoms. The molecule has 2 N–H and O–H groups in total. The molecule has 1 aliphatic carbocycles. The molecule has 1 saturated heterocycles. The van der Waals surface area contributed by atoms with E-state index < -0.39 is 41.4 Å². The molecule has 43 heavy (non-hydrogen) atoms. The normalized spacial score (nSPS) is 19.9. The second-order valence-corrected chi connectivity index (χ2v) is 11.8. The number of benzene rings is 1. The molecule has 2 aliphatic rings. The SMILES string of the molecule is CC(=O)c1nn(CC(=O)N2[C@@H]3CC[C@@H](C3)[C@H]2C(=O)Nc2cccc(C(F)(F)F)n2)c2ccc(NC(=O)OC(C)(C)C)cc12. The number of carbonyl (C=O) groups is 4. The minimum Gasteiger partial charge on any atom is -0.444 e. The van der Waals surface area contributed by atoms with Crippen molar-refractivity contribution in [2.75, 3.05) is 10.6 Å². The molecule has 0 unspecified atom stereocenters. The molecule has 3 aromatic rings. The maximum atomic E-state index is 13.7. The van der Waals surface area contributed by atoms with Gasteiger partial charge in [-0.05, 0) is 76.3 Å². The van der Waals surface area contributed by atoms with Gasteiger partial charge in [-0.25, -0.2) is 9.78 Å². The van der Waals surface area contributed by atoms with Crippen molar-refractivity contribution in [1.29, 1.82) is 0 Å². The number of likely N-dealkylation sites (tertiary alicyclic amines) is 1. The van der Waals surface area contributed by atoms with E-state index in [1.807, 2.05) is 0 Å². The van der Waals surface area contributed by atoms with Gasteiger partial charge in [-0.3, -0.25) is 24.4 Å². The summed E-state index contributed by atoms with van der Waals surface area (Å²) < 4.78 is 46.0. The van der Waals surface area contributed by atoms with Gasteiger partial charge >= 0.3 is 12.3 Å². The standard InChI is InChI=1S/C29H31F3N6O5/c1-15(39)24-19-13-17(33-27(42)43-28(2,3)4)9-11-20(19)37(36-24)14-23(40)38-18-10-8-16(12-18)25(38)26(41)35-22-7-5-6-21(34-22)29(30,31)32/h5-7,9,11,13,16,18,25H,8,10,12,14H2,1-4H3,(H,33,42)(H,34,35,41)/t16-,18+,25-/m0/s1. The number of carbonyl (C=O) groups excluding carboxylic acids is 4. The first-order chi connectivity index (χ1) is 20.1. The Kier molecular flexibility index (Phi) is 7.65. The highest BCUT2D eigenvalue weighted by Crippen LogP contribution is 2.43. The zero-order chi connectivity index (χ0) is 31.3. The lowest BCUT2D eigenvalue weighted by Gasteiger charge is -2.34. The van der Waals surface area contributed by atoms with Crippen LogP contribution in [0.25, 0.3) is 10.9 Å². The Labute approximate surface area is 244 Å². The minimum atomic E-state index is -4.67. The summed E-state index contributed by atoms with van der Waals surface area (Å²) >= 11 is 0. The van der Waals surface area contributed by atoms with Crippen LogP contribution in [0, 0.1) is 5.92 Å². The number of aromatic nitrogens is 3. The molecule has 3 atom stereocenters. The van der Waals surface area contributed by atoms with Crippen LogP contribution in [0.2, 0.25) is 0 Å². The Morgan fingerprint density at radius 2 is 1.79 bits per heavy atom. The quantitative estimate of drug-likeness (QED) is 0.380. The number of nitrogens with one attached hydrogen (secondary N) is 2. The number of pyridine rings is 1. The zero-order valence-electron chi connectivity index (χ0n) is 24.0.